The Morgan fingerprint density at radius 3 is 2.59 bits per heavy atom. The van der Waals surface area contributed by atoms with Gasteiger partial charge in [-0.05, 0) is 37.3 Å². The van der Waals surface area contributed by atoms with Gasteiger partial charge in [-0.3, -0.25) is 4.98 Å². The van der Waals surface area contributed by atoms with E-state index in [0.29, 0.717) is 0 Å². The van der Waals surface area contributed by atoms with Crippen molar-refractivity contribution in [1.82, 2.24) is 4.98 Å². The van der Waals surface area contributed by atoms with Crippen molar-refractivity contribution in [1.29, 1.82) is 0 Å². The third-order valence-corrected chi connectivity index (χ3v) is 2.73. The molecular weight excluding hydrogens is 210 g/mol. The van der Waals surface area contributed by atoms with E-state index in [9.17, 15) is 0 Å². The first-order valence-electron chi connectivity index (χ1n) is 5.78. The second kappa shape index (κ2) is 5.34. The van der Waals surface area contributed by atoms with Crippen LogP contribution in [0.1, 0.15) is 6.92 Å². The maximum atomic E-state index is 4.00. The lowest BCUT2D eigenvalue weighted by Gasteiger charge is -2.17. The Morgan fingerprint density at radius 2 is 1.88 bits per heavy atom. The summed E-state index contributed by atoms with van der Waals surface area (Å²) in [7, 11) is 2.09. The van der Waals surface area contributed by atoms with Crippen molar-refractivity contribution >= 4 is 17.1 Å². The Morgan fingerprint density at radius 1 is 1.12 bits per heavy atom. The van der Waals surface area contributed by atoms with Crippen LogP contribution in [0, 0.1) is 0 Å². The number of hydrogen-bond acceptors (Lipinski definition) is 3. The minimum atomic E-state index is 0.999. The molecule has 0 atom stereocenters. The van der Waals surface area contributed by atoms with Gasteiger partial charge in [0.25, 0.3) is 0 Å². The first-order chi connectivity index (χ1) is 8.29. The molecule has 0 radical (unpaired) electrons. The van der Waals surface area contributed by atoms with E-state index >= 15 is 0 Å². The van der Waals surface area contributed by atoms with Gasteiger partial charge in [0.15, 0.2) is 0 Å². The fourth-order valence-corrected chi connectivity index (χ4v) is 1.61. The van der Waals surface area contributed by atoms with Gasteiger partial charge in [-0.1, -0.05) is 6.07 Å². The Balaban J connectivity index is 2.17. The molecule has 0 saturated heterocycles. The predicted octanol–water partition coefficient (Wildman–Crippen LogP) is 3.28. The van der Waals surface area contributed by atoms with Crippen LogP contribution in [0.25, 0.3) is 0 Å². The van der Waals surface area contributed by atoms with Gasteiger partial charge in [-0.25, -0.2) is 0 Å². The molecular formula is C14H17N3. The topological polar surface area (TPSA) is 28.2 Å². The molecule has 0 spiro atoms. The van der Waals surface area contributed by atoms with Crippen LogP contribution in [0.3, 0.4) is 0 Å². The third-order valence-electron chi connectivity index (χ3n) is 2.73. The van der Waals surface area contributed by atoms with Gasteiger partial charge in [0.1, 0.15) is 0 Å². The summed E-state index contributed by atoms with van der Waals surface area (Å²) in [6.07, 6.45) is 3.56. The molecule has 1 heterocycles. The van der Waals surface area contributed by atoms with E-state index in [1.807, 2.05) is 12.1 Å². The summed E-state index contributed by atoms with van der Waals surface area (Å²) >= 11 is 0. The zero-order valence-corrected chi connectivity index (χ0v) is 10.2. The highest BCUT2D eigenvalue weighted by molar-refractivity contribution is 5.64. The Hall–Kier alpha value is -2.03. The zero-order valence-electron chi connectivity index (χ0n) is 10.2. The van der Waals surface area contributed by atoms with Crippen LogP contribution in [-0.2, 0) is 0 Å². The summed E-state index contributed by atoms with van der Waals surface area (Å²) in [6, 6.07) is 12.3. The first kappa shape index (κ1) is 11.5. The monoisotopic (exact) mass is 227 g/mol. The minimum absolute atomic E-state index is 0.999. The zero-order chi connectivity index (χ0) is 12.1. The number of hydrogen-bond donors (Lipinski definition) is 1. The largest absolute Gasteiger partial charge is 0.375 e. The van der Waals surface area contributed by atoms with Crippen molar-refractivity contribution < 1.29 is 0 Å². The van der Waals surface area contributed by atoms with Crippen LogP contribution in [0.2, 0.25) is 0 Å². The average Bonchev–Trinajstić information content (AvgIpc) is 2.39. The third kappa shape index (κ3) is 2.97. The van der Waals surface area contributed by atoms with Crippen molar-refractivity contribution in [2.24, 2.45) is 0 Å². The summed E-state index contributed by atoms with van der Waals surface area (Å²) in [5.74, 6) is 0. The number of rotatable bonds is 4. The maximum Gasteiger partial charge on any atom is 0.0415 e. The molecule has 0 aliphatic heterocycles. The van der Waals surface area contributed by atoms with Gasteiger partial charge in [-0.15, -0.1) is 0 Å². The lowest BCUT2D eigenvalue weighted by Crippen LogP contribution is -2.15. The molecule has 0 bridgehead atoms. The first-order valence-corrected chi connectivity index (χ1v) is 5.78. The molecule has 1 N–H and O–H groups in total. The number of aromatic nitrogens is 1. The fraction of sp³-hybridized carbons (Fsp3) is 0.214. The van der Waals surface area contributed by atoms with Crippen LogP contribution in [0.5, 0.6) is 0 Å². The van der Waals surface area contributed by atoms with Crippen molar-refractivity contribution in [2.75, 3.05) is 23.8 Å². The van der Waals surface area contributed by atoms with Crippen LogP contribution in [0.4, 0.5) is 17.1 Å². The van der Waals surface area contributed by atoms with Gasteiger partial charge in [0.2, 0.25) is 0 Å². The molecule has 0 unspecified atom stereocenters. The summed E-state index contributed by atoms with van der Waals surface area (Å²) in [4.78, 5) is 6.20. The van der Waals surface area contributed by atoms with Gasteiger partial charge in [0.05, 0.1) is 0 Å². The lowest BCUT2D eigenvalue weighted by molar-refractivity contribution is 0.968. The van der Waals surface area contributed by atoms with Gasteiger partial charge in [0, 0.05) is 43.0 Å². The van der Waals surface area contributed by atoms with Crippen molar-refractivity contribution in [3.05, 3.63) is 48.8 Å². The van der Waals surface area contributed by atoms with E-state index in [4.69, 9.17) is 0 Å². The molecule has 17 heavy (non-hydrogen) atoms. The minimum Gasteiger partial charge on any atom is -0.375 e. The summed E-state index contributed by atoms with van der Waals surface area (Å²) in [6.45, 7) is 3.14. The molecule has 0 amide bonds. The second-order valence-corrected chi connectivity index (χ2v) is 3.93. The van der Waals surface area contributed by atoms with E-state index in [1.54, 1.807) is 12.4 Å². The van der Waals surface area contributed by atoms with Crippen LogP contribution in [0.15, 0.2) is 48.8 Å². The Kier molecular flexibility index (Phi) is 3.60. The molecule has 3 nitrogen and oxygen atoms in total. The van der Waals surface area contributed by atoms with Gasteiger partial charge in [-0.2, -0.15) is 0 Å². The standard InChI is InChI=1S/C14H17N3/c1-3-17(2)14-6-4-5-13(11-14)16-12-7-9-15-10-8-12/h4-11H,3H2,1-2H3,(H,15,16). The number of pyridine rings is 1. The molecule has 88 valence electrons. The average molecular weight is 227 g/mol. The molecule has 0 fully saturated rings. The van der Waals surface area contributed by atoms with E-state index in [0.717, 1.165) is 17.9 Å². The summed E-state index contributed by atoms with van der Waals surface area (Å²) in [5, 5.41) is 3.36. The normalized spacial score (nSPS) is 10.0. The summed E-state index contributed by atoms with van der Waals surface area (Å²) < 4.78 is 0. The van der Waals surface area contributed by atoms with Crippen LogP contribution < -0.4 is 10.2 Å². The quantitative estimate of drug-likeness (QED) is 0.868. The molecule has 2 aromatic rings. The number of nitrogens with zero attached hydrogens (tertiary/aromatic N) is 2. The highest BCUT2D eigenvalue weighted by atomic mass is 15.1. The lowest BCUT2D eigenvalue weighted by atomic mass is 10.2. The summed E-state index contributed by atoms with van der Waals surface area (Å²) in [5.41, 5.74) is 3.36. The molecule has 0 saturated carbocycles. The molecule has 1 aromatic heterocycles. The van der Waals surface area contributed by atoms with Crippen LogP contribution in [-0.4, -0.2) is 18.6 Å². The van der Waals surface area contributed by atoms with E-state index in [1.165, 1.54) is 5.69 Å². The van der Waals surface area contributed by atoms with E-state index in [-0.39, 0.29) is 0 Å². The molecule has 1 aromatic carbocycles. The van der Waals surface area contributed by atoms with Gasteiger partial charge >= 0.3 is 0 Å². The maximum absolute atomic E-state index is 4.00. The Bertz CT molecular complexity index is 468. The highest BCUT2D eigenvalue weighted by Crippen LogP contribution is 2.21. The van der Waals surface area contributed by atoms with Crippen molar-refractivity contribution in [2.45, 2.75) is 6.92 Å². The van der Waals surface area contributed by atoms with Crippen molar-refractivity contribution in [3.63, 3.8) is 0 Å². The molecule has 3 heteroatoms. The smallest absolute Gasteiger partial charge is 0.0415 e. The van der Waals surface area contributed by atoms with Crippen LogP contribution >= 0.6 is 0 Å². The fourth-order valence-electron chi connectivity index (χ4n) is 1.61. The van der Waals surface area contributed by atoms with Crippen molar-refractivity contribution in [3.8, 4) is 0 Å². The molecule has 0 aliphatic rings. The number of benzene rings is 1. The molecule has 2 rings (SSSR count). The predicted molar refractivity (Wildman–Crippen MR) is 72.9 cm³/mol. The van der Waals surface area contributed by atoms with Gasteiger partial charge < -0.3 is 10.2 Å². The second-order valence-electron chi connectivity index (χ2n) is 3.93. The Labute approximate surface area is 102 Å². The SMILES string of the molecule is CCN(C)c1cccc(Nc2ccncc2)c1. The van der Waals surface area contributed by atoms with E-state index in [2.05, 4.69) is 53.4 Å². The molecule has 0 aliphatic carbocycles. The number of nitrogens with one attached hydrogen (secondary N) is 1. The number of anilines is 3. The highest BCUT2D eigenvalue weighted by Gasteiger charge is 1.99. The van der Waals surface area contributed by atoms with E-state index < -0.39 is 0 Å².